The number of benzene rings is 3. The van der Waals surface area contributed by atoms with E-state index in [1.807, 2.05) is 48.5 Å². The van der Waals surface area contributed by atoms with Gasteiger partial charge in [0, 0.05) is 11.1 Å². The molecule has 0 spiro atoms. The van der Waals surface area contributed by atoms with Crippen molar-refractivity contribution in [3.8, 4) is 28.0 Å². The summed E-state index contributed by atoms with van der Waals surface area (Å²) < 4.78 is 32.6. The number of sulfonamides is 1. The van der Waals surface area contributed by atoms with E-state index in [9.17, 15) is 8.42 Å². The van der Waals surface area contributed by atoms with Gasteiger partial charge in [0.05, 0.1) is 17.7 Å². The molecule has 24 heavy (non-hydrogen) atoms. The second-order valence-corrected chi connectivity index (χ2v) is 7.24. The van der Waals surface area contributed by atoms with Crippen LogP contribution in [0.1, 0.15) is 0 Å². The van der Waals surface area contributed by atoms with Gasteiger partial charge in [0.25, 0.3) is 10.0 Å². The first-order valence-electron chi connectivity index (χ1n) is 7.49. The molecule has 1 heterocycles. The minimum atomic E-state index is -3.51. The SMILES string of the molecule is COc1cccc(-c2ccc3c(c2)-c2ccccc2S(=O)(=O)N3)c1. The van der Waals surface area contributed by atoms with E-state index in [1.165, 1.54) is 0 Å². The Morgan fingerprint density at radius 1 is 0.833 bits per heavy atom. The Hall–Kier alpha value is -2.79. The molecule has 0 radical (unpaired) electrons. The van der Waals surface area contributed by atoms with Crippen LogP contribution in [0.4, 0.5) is 5.69 Å². The Morgan fingerprint density at radius 3 is 2.46 bits per heavy atom. The summed E-state index contributed by atoms with van der Waals surface area (Å²) in [5.41, 5.74) is 4.21. The number of hydrogen-bond donors (Lipinski definition) is 1. The number of nitrogens with one attached hydrogen (secondary N) is 1. The Morgan fingerprint density at radius 2 is 1.62 bits per heavy atom. The van der Waals surface area contributed by atoms with Crippen LogP contribution in [0, 0.1) is 0 Å². The number of ether oxygens (including phenoxy) is 1. The first-order valence-corrected chi connectivity index (χ1v) is 8.97. The standard InChI is InChI=1S/C19H15NO3S/c1-23-15-6-4-5-13(11-15)14-9-10-18-17(12-14)16-7-2-3-8-19(16)24(21,22)20-18/h2-12,20H,1H3. The molecule has 4 rings (SSSR count). The second kappa shape index (κ2) is 5.39. The predicted octanol–water partition coefficient (Wildman–Crippen LogP) is 4.14. The molecular formula is C19H15NO3S. The molecule has 0 atom stereocenters. The number of anilines is 1. The Labute approximate surface area is 140 Å². The molecule has 0 saturated heterocycles. The largest absolute Gasteiger partial charge is 0.497 e. The van der Waals surface area contributed by atoms with E-state index < -0.39 is 10.0 Å². The van der Waals surface area contributed by atoms with Gasteiger partial charge in [-0.1, -0.05) is 36.4 Å². The second-order valence-electron chi connectivity index (χ2n) is 5.59. The highest BCUT2D eigenvalue weighted by molar-refractivity contribution is 7.93. The third-order valence-corrected chi connectivity index (χ3v) is 5.56. The van der Waals surface area contributed by atoms with Crippen molar-refractivity contribution in [3.63, 3.8) is 0 Å². The minimum absolute atomic E-state index is 0.306. The van der Waals surface area contributed by atoms with Gasteiger partial charge in [-0.25, -0.2) is 8.42 Å². The van der Waals surface area contributed by atoms with Gasteiger partial charge in [-0.05, 0) is 41.5 Å². The third-order valence-electron chi connectivity index (χ3n) is 4.13. The maximum Gasteiger partial charge on any atom is 0.262 e. The van der Waals surface area contributed by atoms with Crippen LogP contribution in [0.5, 0.6) is 5.75 Å². The smallest absolute Gasteiger partial charge is 0.262 e. The van der Waals surface area contributed by atoms with Gasteiger partial charge in [0.15, 0.2) is 0 Å². The van der Waals surface area contributed by atoms with Gasteiger partial charge in [-0.3, -0.25) is 4.72 Å². The minimum Gasteiger partial charge on any atom is -0.497 e. The number of rotatable bonds is 2. The molecule has 0 aliphatic carbocycles. The summed E-state index contributed by atoms with van der Waals surface area (Å²) in [6, 6.07) is 20.5. The summed E-state index contributed by atoms with van der Waals surface area (Å²) in [7, 11) is -1.88. The van der Waals surface area contributed by atoms with Crippen LogP contribution < -0.4 is 9.46 Å². The first kappa shape index (κ1) is 14.8. The van der Waals surface area contributed by atoms with Gasteiger partial charge in [0.1, 0.15) is 5.75 Å². The number of hydrogen-bond acceptors (Lipinski definition) is 3. The molecule has 1 aliphatic rings. The van der Waals surface area contributed by atoms with Crippen molar-refractivity contribution in [1.29, 1.82) is 0 Å². The van der Waals surface area contributed by atoms with Crippen molar-refractivity contribution >= 4 is 15.7 Å². The predicted molar refractivity (Wildman–Crippen MR) is 94.7 cm³/mol. The maximum atomic E-state index is 12.3. The zero-order valence-corrected chi connectivity index (χ0v) is 13.8. The van der Waals surface area contributed by atoms with Crippen LogP contribution in [-0.2, 0) is 10.0 Å². The quantitative estimate of drug-likeness (QED) is 0.764. The normalized spacial score (nSPS) is 14.2. The molecular weight excluding hydrogens is 322 g/mol. The van der Waals surface area contributed by atoms with E-state index in [2.05, 4.69) is 4.72 Å². The van der Waals surface area contributed by atoms with E-state index in [0.717, 1.165) is 28.0 Å². The lowest BCUT2D eigenvalue weighted by Gasteiger charge is -2.22. The van der Waals surface area contributed by atoms with Crippen molar-refractivity contribution in [2.24, 2.45) is 0 Å². The fraction of sp³-hybridized carbons (Fsp3) is 0.0526. The van der Waals surface area contributed by atoms with Gasteiger partial charge >= 0.3 is 0 Å². The lowest BCUT2D eigenvalue weighted by Crippen LogP contribution is -2.18. The zero-order chi connectivity index (χ0) is 16.7. The molecule has 3 aromatic rings. The molecule has 3 aromatic carbocycles. The summed E-state index contributed by atoms with van der Waals surface area (Å²) in [5.74, 6) is 0.784. The van der Waals surface area contributed by atoms with Crippen LogP contribution >= 0.6 is 0 Å². The average molecular weight is 337 g/mol. The molecule has 0 bridgehead atoms. The van der Waals surface area contributed by atoms with Crippen LogP contribution in [0.2, 0.25) is 0 Å². The van der Waals surface area contributed by atoms with Crippen molar-refractivity contribution in [2.45, 2.75) is 4.90 Å². The Bertz CT molecular complexity index is 1040. The topological polar surface area (TPSA) is 55.4 Å². The van der Waals surface area contributed by atoms with E-state index in [-0.39, 0.29) is 0 Å². The molecule has 120 valence electrons. The fourth-order valence-electron chi connectivity index (χ4n) is 2.96. The highest BCUT2D eigenvalue weighted by atomic mass is 32.2. The molecule has 4 nitrogen and oxygen atoms in total. The van der Waals surface area contributed by atoms with Crippen molar-refractivity contribution in [3.05, 3.63) is 66.7 Å². The summed E-state index contributed by atoms with van der Waals surface area (Å²) >= 11 is 0. The lowest BCUT2D eigenvalue weighted by atomic mass is 9.97. The van der Waals surface area contributed by atoms with Gasteiger partial charge in [-0.15, -0.1) is 0 Å². The number of methoxy groups -OCH3 is 1. The number of fused-ring (bicyclic) bond motifs is 3. The van der Waals surface area contributed by atoms with Crippen molar-refractivity contribution in [2.75, 3.05) is 11.8 Å². The molecule has 0 amide bonds. The highest BCUT2D eigenvalue weighted by Crippen LogP contribution is 2.41. The fourth-order valence-corrected chi connectivity index (χ4v) is 4.26. The van der Waals surface area contributed by atoms with Gasteiger partial charge in [0.2, 0.25) is 0 Å². The molecule has 1 N–H and O–H groups in total. The summed E-state index contributed by atoms with van der Waals surface area (Å²) in [5, 5.41) is 0. The van der Waals surface area contributed by atoms with Crippen molar-refractivity contribution in [1.82, 2.24) is 0 Å². The molecule has 0 aromatic heterocycles. The Balaban J connectivity index is 1.91. The molecule has 0 fully saturated rings. The zero-order valence-electron chi connectivity index (χ0n) is 13.0. The average Bonchev–Trinajstić information content (AvgIpc) is 2.61. The van der Waals surface area contributed by atoms with Crippen LogP contribution in [-0.4, -0.2) is 15.5 Å². The van der Waals surface area contributed by atoms with Gasteiger partial charge in [-0.2, -0.15) is 0 Å². The molecule has 1 aliphatic heterocycles. The lowest BCUT2D eigenvalue weighted by molar-refractivity contribution is 0.415. The summed E-state index contributed by atoms with van der Waals surface area (Å²) in [6.07, 6.45) is 0. The maximum absolute atomic E-state index is 12.3. The van der Waals surface area contributed by atoms with Crippen LogP contribution in [0.3, 0.4) is 0 Å². The Kier molecular flexibility index (Phi) is 3.32. The summed E-state index contributed by atoms with van der Waals surface area (Å²) in [6.45, 7) is 0. The van der Waals surface area contributed by atoms with Crippen LogP contribution in [0.25, 0.3) is 22.3 Å². The van der Waals surface area contributed by atoms with Crippen LogP contribution in [0.15, 0.2) is 71.6 Å². The third kappa shape index (κ3) is 2.34. The molecule has 0 unspecified atom stereocenters. The van der Waals surface area contributed by atoms with E-state index in [0.29, 0.717) is 10.6 Å². The van der Waals surface area contributed by atoms with E-state index in [1.54, 1.807) is 25.3 Å². The van der Waals surface area contributed by atoms with E-state index in [4.69, 9.17) is 4.74 Å². The molecule has 5 heteroatoms. The van der Waals surface area contributed by atoms with Gasteiger partial charge < -0.3 is 4.74 Å². The highest BCUT2D eigenvalue weighted by Gasteiger charge is 2.26. The van der Waals surface area contributed by atoms with Crippen molar-refractivity contribution < 1.29 is 13.2 Å². The monoisotopic (exact) mass is 337 g/mol. The molecule has 0 saturated carbocycles. The van der Waals surface area contributed by atoms with E-state index >= 15 is 0 Å². The first-order chi connectivity index (χ1) is 11.6. The summed E-state index contributed by atoms with van der Waals surface area (Å²) in [4.78, 5) is 0.306.